The molecule has 0 heterocycles. The third-order valence-electron chi connectivity index (χ3n) is 2.04. The number of hydrazine groups is 1. The third kappa shape index (κ3) is 2.78. The second kappa shape index (κ2) is 5.71. The molecule has 0 amide bonds. The van der Waals surface area contributed by atoms with E-state index in [9.17, 15) is 0 Å². The summed E-state index contributed by atoms with van der Waals surface area (Å²) in [7, 11) is 0. The number of nitrogens with two attached hydrogens (primary N) is 1. The van der Waals surface area contributed by atoms with E-state index < -0.39 is 0 Å². The van der Waals surface area contributed by atoms with Gasteiger partial charge in [0, 0.05) is 11.3 Å². The average Bonchev–Trinajstić information content (AvgIpc) is 2.26. The van der Waals surface area contributed by atoms with Gasteiger partial charge in [-0.25, -0.2) is 0 Å². The SMILES string of the molecule is C#CCC(NN)c1ccc(SC)cc1. The van der Waals surface area contributed by atoms with Crippen molar-refractivity contribution in [3.8, 4) is 12.3 Å². The van der Waals surface area contributed by atoms with Gasteiger partial charge in [0.1, 0.15) is 0 Å². The minimum atomic E-state index is 0.0518. The Labute approximate surface area is 89.2 Å². The van der Waals surface area contributed by atoms with Crippen LogP contribution in [0, 0.1) is 12.3 Å². The molecule has 1 atom stereocenters. The van der Waals surface area contributed by atoms with E-state index >= 15 is 0 Å². The van der Waals surface area contributed by atoms with Crippen molar-refractivity contribution in [3.05, 3.63) is 29.8 Å². The number of benzene rings is 1. The van der Waals surface area contributed by atoms with Crippen LogP contribution in [0.2, 0.25) is 0 Å². The zero-order valence-electron chi connectivity index (χ0n) is 8.16. The Hall–Kier alpha value is -0.950. The molecule has 1 unspecified atom stereocenters. The predicted molar refractivity (Wildman–Crippen MR) is 61.7 cm³/mol. The zero-order chi connectivity index (χ0) is 10.4. The number of nitrogens with one attached hydrogen (secondary N) is 1. The second-order valence-corrected chi connectivity index (χ2v) is 3.78. The van der Waals surface area contributed by atoms with E-state index in [1.165, 1.54) is 4.90 Å². The van der Waals surface area contributed by atoms with Crippen molar-refractivity contribution in [1.29, 1.82) is 0 Å². The zero-order valence-corrected chi connectivity index (χ0v) is 8.97. The van der Waals surface area contributed by atoms with Gasteiger partial charge in [-0.1, -0.05) is 12.1 Å². The molecule has 0 aromatic heterocycles. The Kier molecular flexibility index (Phi) is 4.54. The Bertz CT molecular complexity index is 313. The first-order valence-electron chi connectivity index (χ1n) is 4.35. The van der Waals surface area contributed by atoms with Crippen LogP contribution in [-0.4, -0.2) is 6.26 Å². The van der Waals surface area contributed by atoms with Crippen molar-refractivity contribution in [1.82, 2.24) is 5.43 Å². The number of hydrogen-bond acceptors (Lipinski definition) is 3. The van der Waals surface area contributed by atoms with Gasteiger partial charge in [-0.05, 0) is 24.0 Å². The maximum Gasteiger partial charge on any atom is 0.0569 e. The first-order valence-corrected chi connectivity index (χ1v) is 5.57. The van der Waals surface area contributed by atoms with Crippen LogP contribution >= 0.6 is 11.8 Å². The summed E-state index contributed by atoms with van der Waals surface area (Å²) in [6, 6.07) is 8.29. The minimum absolute atomic E-state index is 0.0518. The highest BCUT2D eigenvalue weighted by molar-refractivity contribution is 7.98. The van der Waals surface area contributed by atoms with Crippen molar-refractivity contribution in [2.45, 2.75) is 17.4 Å². The molecular formula is C11H14N2S. The molecule has 0 fully saturated rings. The van der Waals surface area contributed by atoms with E-state index in [0.29, 0.717) is 6.42 Å². The molecule has 1 aromatic carbocycles. The van der Waals surface area contributed by atoms with E-state index in [1.807, 2.05) is 12.1 Å². The summed E-state index contributed by atoms with van der Waals surface area (Å²) < 4.78 is 0. The van der Waals surface area contributed by atoms with Gasteiger partial charge in [-0.15, -0.1) is 24.1 Å². The van der Waals surface area contributed by atoms with Gasteiger partial charge in [-0.2, -0.15) is 0 Å². The highest BCUT2D eigenvalue weighted by Crippen LogP contribution is 2.20. The summed E-state index contributed by atoms with van der Waals surface area (Å²) in [5.74, 6) is 8.01. The Morgan fingerprint density at radius 2 is 2.14 bits per heavy atom. The number of thioether (sulfide) groups is 1. The molecular weight excluding hydrogens is 192 g/mol. The molecule has 2 nitrogen and oxygen atoms in total. The Morgan fingerprint density at radius 3 is 2.57 bits per heavy atom. The lowest BCUT2D eigenvalue weighted by atomic mass is 10.1. The number of rotatable bonds is 4. The summed E-state index contributed by atoms with van der Waals surface area (Å²) in [6.45, 7) is 0. The first kappa shape index (κ1) is 11.1. The van der Waals surface area contributed by atoms with Crippen LogP contribution in [0.3, 0.4) is 0 Å². The normalized spacial score (nSPS) is 12.1. The van der Waals surface area contributed by atoms with Crippen LogP contribution in [0.5, 0.6) is 0 Å². The fourth-order valence-electron chi connectivity index (χ4n) is 1.23. The number of terminal acetylenes is 1. The molecule has 1 rings (SSSR count). The van der Waals surface area contributed by atoms with E-state index in [-0.39, 0.29) is 6.04 Å². The van der Waals surface area contributed by atoms with Crippen molar-refractivity contribution >= 4 is 11.8 Å². The van der Waals surface area contributed by atoms with E-state index in [0.717, 1.165) is 5.56 Å². The average molecular weight is 206 g/mol. The molecule has 0 radical (unpaired) electrons. The quantitative estimate of drug-likeness (QED) is 0.342. The van der Waals surface area contributed by atoms with Gasteiger partial charge < -0.3 is 0 Å². The Morgan fingerprint density at radius 1 is 1.50 bits per heavy atom. The molecule has 0 saturated heterocycles. The van der Waals surface area contributed by atoms with Crippen molar-refractivity contribution in [3.63, 3.8) is 0 Å². The molecule has 14 heavy (non-hydrogen) atoms. The van der Waals surface area contributed by atoms with Gasteiger partial charge in [0.05, 0.1) is 6.04 Å². The largest absolute Gasteiger partial charge is 0.271 e. The highest BCUT2D eigenvalue weighted by Gasteiger charge is 2.06. The Balaban J connectivity index is 2.79. The fraction of sp³-hybridized carbons (Fsp3) is 0.273. The molecule has 0 aliphatic rings. The lowest BCUT2D eigenvalue weighted by molar-refractivity contribution is 0.568. The van der Waals surface area contributed by atoms with Crippen molar-refractivity contribution in [2.75, 3.05) is 6.26 Å². The summed E-state index contributed by atoms with van der Waals surface area (Å²) in [6.07, 6.45) is 7.91. The van der Waals surface area contributed by atoms with Gasteiger partial charge in [0.25, 0.3) is 0 Å². The van der Waals surface area contributed by atoms with Gasteiger partial charge >= 0.3 is 0 Å². The van der Waals surface area contributed by atoms with Crippen molar-refractivity contribution < 1.29 is 0 Å². The standard InChI is InChI=1S/C11H14N2S/c1-3-4-11(13-12)9-5-7-10(14-2)8-6-9/h1,5-8,11,13H,4,12H2,2H3. The molecule has 1 aromatic rings. The maximum absolute atomic E-state index is 5.41. The van der Waals surface area contributed by atoms with Crippen LogP contribution in [0.15, 0.2) is 29.2 Å². The van der Waals surface area contributed by atoms with Gasteiger partial charge in [0.15, 0.2) is 0 Å². The van der Waals surface area contributed by atoms with Crippen LogP contribution in [0.4, 0.5) is 0 Å². The summed E-state index contributed by atoms with van der Waals surface area (Å²) >= 11 is 1.72. The lowest BCUT2D eigenvalue weighted by Gasteiger charge is -2.13. The van der Waals surface area contributed by atoms with Crippen LogP contribution in [0.25, 0.3) is 0 Å². The smallest absolute Gasteiger partial charge is 0.0569 e. The molecule has 0 aliphatic heterocycles. The molecule has 3 N–H and O–H groups in total. The van der Waals surface area contributed by atoms with Crippen LogP contribution < -0.4 is 11.3 Å². The fourth-order valence-corrected chi connectivity index (χ4v) is 1.64. The molecule has 0 saturated carbocycles. The van der Waals surface area contributed by atoms with Gasteiger partial charge in [-0.3, -0.25) is 11.3 Å². The second-order valence-electron chi connectivity index (χ2n) is 2.90. The minimum Gasteiger partial charge on any atom is -0.271 e. The molecule has 0 aliphatic carbocycles. The highest BCUT2D eigenvalue weighted by atomic mass is 32.2. The van der Waals surface area contributed by atoms with Gasteiger partial charge in [0.2, 0.25) is 0 Å². The molecule has 0 bridgehead atoms. The predicted octanol–water partition coefficient (Wildman–Crippen LogP) is 1.94. The number of hydrogen-bond donors (Lipinski definition) is 2. The van der Waals surface area contributed by atoms with Crippen molar-refractivity contribution in [2.24, 2.45) is 5.84 Å². The summed E-state index contributed by atoms with van der Waals surface area (Å²) in [5, 5.41) is 0. The monoisotopic (exact) mass is 206 g/mol. The van der Waals surface area contributed by atoms with E-state index in [1.54, 1.807) is 11.8 Å². The molecule has 0 spiro atoms. The van der Waals surface area contributed by atoms with Crippen LogP contribution in [0.1, 0.15) is 18.0 Å². The third-order valence-corrected chi connectivity index (χ3v) is 2.78. The summed E-state index contributed by atoms with van der Waals surface area (Å²) in [5.41, 5.74) is 3.84. The molecule has 74 valence electrons. The van der Waals surface area contributed by atoms with E-state index in [4.69, 9.17) is 12.3 Å². The maximum atomic E-state index is 5.41. The first-order chi connectivity index (χ1) is 6.81. The molecule has 3 heteroatoms. The summed E-state index contributed by atoms with van der Waals surface area (Å²) in [4.78, 5) is 1.24. The lowest BCUT2D eigenvalue weighted by Crippen LogP contribution is -2.27. The van der Waals surface area contributed by atoms with E-state index in [2.05, 4.69) is 29.7 Å². The van der Waals surface area contributed by atoms with Crippen LogP contribution in [-0.2, 0) is 0 Å². The topological polar surface area (TPSA) is 38.0 Å².